The SMILES string of the molecule is Cc1cc(Cn2nc(-c3ccccc3F)ccc2=O)on1. The first kappa shape index (κ1) is 13.2. The summed E-state index contributed by atoms with van der Waals surface area (Å²) in [5, 5.41) is 7.94. The van der Waals surface area contributed by atoms with Crippen molar-refractivity contribution in [3.05, 3.63) is 70.1 Å². The van der Waals surface area contributed by atoms with Crippen molar-refractivity contribution < 1.29 is 8.91 Å². The molecule has 2 heterocycles. The third-order valence-corrected chi connectivity index (χ3v) is 3.00. The van der Waals surface area contributed by atoms with Gasteiger partial charge in [0.15, 0.2) is 5.76 Å². The van der Waals surface area contributed by atoms with Crippen LogP contribution in [0.1, 0.15) is 11.5 Å². The molecule has 3 aromatic rings. The van der Waals surface area contributed by atoms with E-state index >= 15 is 0 Å². The summed E-state index contributed by atoms with van der Waals surface area (Å²) < 4.78 is 20.1. The van der Waals surface area contributed by atoms with E-state index in [1.54, 1.807) is 31.2 Å². The molecule has 0 saturated carbocycles. The zero-order chi connectivity index (χ0) is 14.8. The quantitative estimate of drug-likeness (QED) is 0.741. The highest BCUT2D eigenvalue weighted by Crippen LogP contribution is 2.19. The number of benzene rings is 1. The van der Waals surface area contributed by atoms with E-state index in [-0.39, 0.29) is 17.9 Å². The van der Waals surface area contributed by atoms with Gasteiger partial charge in [-0.15, -0.1) is 0 Å². The summed E-state index contributed by atoms with van der Waals surface area (Å²) in [6.45, 7) is 1.95. The predicted molar refractivity (Wildman–Crippen MR) is 74.2 cm³/mol. The number of aromatic nitrogens is 3. The largest absolute Gasteiger partial charge is 0.359 e. The first-order chi connectivity index (χ1) is 10.1. The molecule has 106 valence electrons. The van der Waals surface area contributed by atoms with E-state index in [1.807, 2.05) is 0 Å². The third-order valence-electron chi connectivity index (χ3n) is 3.00. The Labute approximate surface area is 119 Å². The van der Waals surface area contributed by atoms with E-state index in [4.69, 9.17) is 4.52 Å². The van der Waals surface area contributed by atoms with E-state index in [2.05, 4.69) is 10.3 Å². The summed E-state index contributed by atoms with van der Waals surface area (Å²) in [6.07, 6.45) is 0. The molecule has 0 spiro atoms. The van der Waals surface area contributed by atoms with Gasteiger partial charge in [-0.2, -0.15) is 5.10 Å². The van der Waals surface area contributed by atoms with Crippen LogP contribution in [0.15, 0.2) is 51.8 Å². The second-order valence-electron chi connectivity index (χ2n) is 4.63. The minimum Gasteiger partial charge on any atom is -0.359 e. The molecule has 3 rings (SSSR count). The molecule has 0 radical (unpaired) electrons. The van der Waals surface area contributed by atoms with Crippen molar-refractivity contribution in [2.24, 2.45) is 0 Å². The highest BCUT2D eigenvalue weighted by molar-refractivity contribution is 5.58. The molecular formula is C15H12FN3O2. The van der Waals surface area contributed by atoms with Gasteiger partial charge in [0.2, 0.25) is 0 Å². The minimum atomic E-state index is -0.384. The van der Waals surface area contributed by atoms with Gasteiger partial charge in [0.25, 0.3) is 5.56 Å². The number of nitrogens with zero attached hydrogens (tertiary/aromatic N) is 3. The zero-order valence-electron chi connectivity index (χ0n) is 11.3. The van der Waals surface area contributed by atoms with Crippen LogP contribution in [0.25, 0.3) is 11.3 Å². The van der Waals surface area contributed by atoms with Crippen LogP contribution in [-0.2, 0) is 6.54 Å². The van der Waals surface area contributed by atoms with Crippen molar-refractivity contribution in [3.63, 3.8) is 0 Å². The molecule has 0 bridgehead atoms. The summed E-state index contributed by atoms with van der Waals surface area (Å²) in [5.41, 5.74) is 1.18. The predicted octanol–water partition coefficient (Wildman–Crippen LogP) is 2.39. The molecule has 0 aliphatic heterocycles. The summed E-state index contributed by atoms with van der Waals surface area (Å²) in [7, 11) is 0. The average Bonchev–Trinajstić information content (AvgIpc) is 2.87. The van der Waals surface area contributed by atoms with Crippen molar-refractivity contribution in [3.8, 4) is 11.3 Å². The van der Waals surface area contributed by atoms with Gasteiger partial charge < -0.3 is 4.52 Å². The number of rotatable bonds is 3. The molecule has 1 aromatic carbocycles. The summed E-state index contributed by atoms with van der Waals surface area (Å²) >= 11 is 0. The van der Waals surface area contributed by atoms with Crippen LogP contribution in [0.3, 0.4) is 0 Å². The fourth-order valence-corrected chi connectivity index (χ4v) is 2.01. The molecule has 6 heteroatoms. The lowest BCUT2D eigenvalue weighted by molar-refractivity contribution is 0.365. The van der Waals surface area contributed by atoms with Crippen LogP contribution in [0.4, 0.5) is 4.39 Å². The Kier molecular flexibility index (Phi) is 3.35. The molecule has 5 nitrogen and oxygen atoms in total. The minimum absolute atomic E-state index is 0.155. The third kappa shape index (κ3) is 2.74. The smallest absolute Gasteiger partial charge is 0.267 e. The maximum Gasteiger partial charge on any atom is 0.267 e. The van der Waals surface area contributed by atoms with Gasteiger partial charge in [-0.3, -0.25) is 4.79 Å². The fourth-order valence-electron chi connectivity index (χ4n) is 2.01. The molecule has 0 aliphatic carbocycles. The van der Waals surface area contributed by atoms with Gasteiger partial charge in [-0.1, -0.05) is 17.3 Å². The van der Waals surface area contributed by atoms with Crippen molar-refractivity contribution >= 4 is 0 Å². The first-order valence-corrected chi connectivity index (χ1v) is 6.39. The van der Waals surface area contributed by atoms with Crippen molar-refractivity contribution in [1.29, 1.82) is 0 Å². The second kappa shape index (κ2) is 5.32. The van der Waals surface area contributed by atoms with Crippen LogP contribution < -0.4 is 5.56 Å². The second-order valence-corrected chi connectivity index (χ2v) is 4.63. The Hall–Kier alpha value is -2.76. The molecule has 2 aromatic heterocycles. The summed E-state index contributed by atoms with van der Waals surface area (Å²) in [5.74, 6) is 0.137. The Morgan fingerprint density at radius 1 is 1.24 bits per heavy atom. The van der Waals surface area contributed by atoms with Gasteiger partial charge in [0, 0.05) is 17.7 Å². The number of hydrogen-bond acceptors (Lipinski definition) is 4. The molecule has 0 N–H and O–H groups in total. The van der Waals surface area contributed by atoms with Gasteiger partial charge in [-0.25, -0.2) is 9.07 Å². The van der Waals surface area contributed by atoms with Crippen molar-refractivity contribution in [2.75, 3.05) is 0 Å². The molecular weight excluding hydrogens is 273 g/mol. The monoisotopic (exact) mass is 285 g/mol. The Balaban J connectivity index is 2.00. The fraction of sp³-hybridized carbons (Fsp3) is 0.133. The number of halogens is 1. The van der Waals surface area contributed by atoms with Crippen LogP contribution in [0.5, 0.6) is 0 Å². The molecule has 0 amide bonds. The normalized spacial score (nSPS) is 10.8. The maximum absolute atomic E-state index is 13.8. The molecule has 0 fully saturated rings. The van der Waals surface area contributed by atoms with E-state index in [9.17, 15) is 9.18 Å². The highest BCUT2D eigenvalue weighted by atomic mass is 19.1. The van der Waals surface area contributed by atoms with Crippen molar-refractivity contribution in [2.45, 2.75) is 13.5 Å². The first-order valence-electron chi connectivity index (χ1n) is 6.39. The van der Waals surface area contributed by atoms with E-state index in [0.29, 0.717) is 17.0 Å². The Morgan fingerprint density at radius 3 is 2.76 bits per heavy atom. The van der Waals surface area contributed by atoms with Gasteiger partial charge in [-0.05, 0) is 25.1 Å². The molecule has 0 atom stereocenters. The number of hydrogen-bond donors (Lipinski definition) is 0. The van der Waals surface area contributed by atoms with Gasteiger partial charge in [0.05, 0.1) is 11.4 Å². The van der Waals surface area contributed by atoms with Crippen molar-refractivity contribution in [1.82, 2.24) is 14.9 Å². The Morgan fingerprint density at radius 2 is 2.05 bits per heavy atom. The lowest BCUT2D eigenvalue weighted by Crippen LogP contribution is -2.22. The van der Waals surface area contributed by atoms with Gasteiger partial charge >= 0.3 is 0 Å². The Bertz CT molecular complexity index is 839. The summed E-state index contributed by atoms with van der Waals surface area (Å²) in [6, 6.07) is 10.9. The molecule has 0 saturated heterocycles. The standard InChI is InChI=1S/C15H12FN3O2/c1-10-8-11(21-18-10)9-19-15(20)7-6-14(17-19)12-4-2-3-5-13(12)16/h2-8H,9H2,1H3. The highest BCUT2D eigenvalue weighted by Gasteiger charge is 2.09. The number of aryl methyl sites for hydroxylation is 1. The molecule has 21 heavy (non-hydrogen) atoms. The van der Waals surface area contributed by atoms with E-state index in [0.717, 1.165) is 5.69 Å². The summed E-state index contributed by atoms with van der Waals surface area (Å²) in [4.78, 5) is 11.8. The van der Waals surface area contributed by atoms with E-state index in [1.165, 1.54) is 22.9 Å². The molecule has 0 aliphatic rings. The average molecular weight is 285 g/mol. The topological polar surface area (TPSA) is 60.9 Å². The lowest BCUT2D eigenvalue weighted by Gasteiger charge is -2.06. The zero-order valence-corrected chi connectivity index (χ0v) is 11.3. The van der Waals surface area contributed by atoms with Gasteiger partial charge in [0.1, 0.15) is 12.4 Å². The maximum atomic E-state index is 13.8. The van der Waals surface area contributed by atoms with Crippen LogP contribution >= 0.6 is 0 Å². The van der Waals surface area contributed by atoms with Crippen LogP contribution in [-0.4, -0.2) is 14.9 Å². The molecule has 0 unspecified atom stereocenters. The van der Waals surface area contributed by atoms with E-state index < -0.39 is 0 Å². The van der Waals surface area contributed by atoms with Crippen LogP contribution in [0.2, 0.25) is 0 Å². The lowest BCUT2D eigenvalue weighted by atomic mass is 10.1. The van der Waals surface area contributed by atoms with Crippen LogP contribution in [0, 0.1) is 12.7 Å².